The Morgan fingerprint density at radius 1 is 1.17 bits per heavy atom. The Morgan fingerprint density at radius 3 is 2.00 bits per heavy atom. The summed E-state index contributed by atoms with van der Waals surface area (Å²) in [6, 6.07) is 0. The van der Waals surface area contributed by atoms with Crippen molar-refractivity contribution in [3.8, 4) is 0 Å². The third-order valence-electron chi connectivity index (χ3n) is 3.31. The van der Waals surface area contributed by atoms with Crippen LogP contribution in [0.3, 0.4) is 0 Å². The minimum atomic E-state index is -0.473. The molecule has 0 bridgehead atoms. The van der Waals surface area contributed by atoms with Crippen LogP contribution < -0.4 is 5.32 Å². The van der Waals surface area contributed by atoms with Crippen molar-refractivity contribution in [3.05, 3.63) is 0 Å². The maximum absolute atomic E-state index is 11.3. The molecule has 0 unspecified atom stereocenters. The summed E-state index contributed by atoms with van der Waals surface area (Å²) in [5, 5.41) is 2.87. The zero-order valence-electron chi connectivity index (χ0n) is 10.8. The Kier molecular flexibility index (Phi) is 5.12. The number of ether oxygens (including phenoxy) is 2. The summed E-state index contributed by atoms with van der Waals surface area (Å²) in [6.07, 6.45) is 2.52. The molecule has 18 heavy (non-hydrogen) atoms. The Hall–Kier alpha value is -1.59. The van der Waals surface area contributed by atoms with Crippen LogP contribution in [-0.2, 0) is 23.9 Å². The van der Waals surface area contributed by atoms with Gasteiger partial charge in [0.2, 0.25) is 5.91 Å². The molecule has 0 atom stereocenters. The van der Waals surface area contributed by atoms with Crippen LogP contribution in [0.4, 0.5) is 0 Å². The number of nitrogens with one attached hydrogen (secondary N) is 1. The number of amides is 1. The molecule has 1 aliphatic heterocycles. The van der Waals surface area contributed by atoms with E-state index in [1.165, 1.54) is 14.2 Å². The van der Waals surface area contributed by atoms with Gasteiger partial charge in [0, 0.05) is 24.8 Å². The fourth-order valence-electron chi connectivity index (χ4n) is 2.16. The first-order chi connectivity index (χ1) is 8.51. The molecule has 1 saturated heterocycles. The molecule has 102 valence electrons. The molecular formula is C12H19NO5. The van der Waals surface area contributed by atoms with Gasteiger partial charge in [-0.05, 0) is 19.3 Å². The maximum atomic E-state index is 11.3. The lowest BCUT2D eigenvalue weighted by molar-refractivity contribution is -0.141. The zero-order chi connectivity index (χ0) is 13.6. The second kappa shape index (κ2) is 6.37. The van der Waals surface area contributed by atoms with E-state index in [2.05, 4.69) is 14.8 Å². The fraction of sp³-hybridized carbons (Fsp3) is 0.750. The van der Waals surface area contributed by atoms with E-state index in [9.17, 15) is 14.4 Å². The normalized spacial score (nSPS) is 17.1. The SMILES string of the molecule is COC(=O)CCC1(CCC(=O)OC)CCC(=O)N1. The number of rotatable bonds is 6. The standard InChI is InChI=1S/C12H19NO5/c1-17-10(15)4-7-12(6-3-9(14)13-12)8-5-11(16)18-2/h3-8H2,1-2H3,(H,13,14). The predicted octanol–water partition coefficient (Wildman–Crippen LogP) is 0.542. The van der Waals surface area contributed by atoms with E-state index in [1.54, 1.807) is 0 Å². The summed E-state index contributed by atoms with van der Waals surface area (Å²) in [7, 11) is 2.66. The van der Waals surface area contributed by atoms with Crippen LogP contribution in [0.1, 0.15) is 38.5 Å². The molecule has 0 saturated carbocycles. The molecule has 1 fully saturated rings. The number of carbonyl (C=O) groups is 3. The van der Waals surface area contributed by atoms with E-state index in [0.717, 1.165) is 0 Å². The van der Waals surface area contributed by atoms with Gasteiger partial charge >= 0.3 is 11.9 Å². The summed E-state index contributed by atoms with van der Waals surface area (Å²) in [6.45, 7) is 0. The first-order valence-corrected chi connectivity index (χ1v) is 5.96. The predicted molar refractivity (Wildman–Crippen MR) is 62.6 cm³/mol. The van der Waals surface area contributed by atoms with E-state index in [1.807, 2.05) is 0 Å². The second-order valence-corrected chi connectivity index (χ2v) is 4.48. The number of hydrogen-bond acceptors (Lipinski definition) is 5. The van der Waals surface area contributed by atoms with Crippen molar-refractivity contribution in [2.24, 2.45) is 0 Å². The molecule has 1 N–H and O–H groups in total. The van der Waals surface area contributed by atoms with E-state index >= 15 is 0 Å². The molecule has 6 heteroatoms. The van der Waals surface area contributed by atoms with Crippen molar-refractivity contribution in [1.29, 1.82) is 0 Å². The second-order valence-electron chi connectivity index (χ2n) is 4.48. The van der Waals surface area contributed by atoms with Gasteiger partial charge in [0.15, 0.2) is 0 Å². The number of methoxy groups -OCH3 is 2. The Balaban J connectivity index is 2.56. The van der Waals surface area contributed by atoms with Gasteiger partial charge in [-0.1, -0.05) is 0 Å². The molecule has 1 amide bonds. The number of esters is 2. The monoisotopic (exact) mass is 257 g/mol. The van der Waals surface area contributed by atoms with Crippen LogP contribution in [0.5, 0.6) is 0 Å². The lowest BCUT2D eigenvalue weighted by Gasteiger charge is -2.28. The average Bonchev–Trinajstić information content (AvgIpc) is 2.75. The summed E-state index contributed by atoms with van der Waals surface area (Å²) in [4.78, 5) is 33.7. The van der Waals surface area contributed by atoms with Gasteiger partial charge in [-0.3, -0.25) is 14.4 Å². The van der Waals surface area contributed by atoms with Crippen molar-refractivity contribution >= 4 is 17.8 Å². The van der Waals surface area contributed by atoms with Gasteiger partial charge < -0.3 is 14.8 Å². The summed E-state index contributed by atoms with van der Waals surface area (Å²) in [5.41, 5.74) is -0.473. The molecule has 0 radical (unpaired) electrons. The summed E-state index contributed by atoms with van der Waals surface area (Å²) in [5.74, 6) is -0.660. The van der Waals surface area contributed by atoms with Crippen LogP contribution >= 0.6 is 0 Å². The van der Waals surface area contributed by atoms with Crippen LogP contribution in [0.15, 0.2) is 0 Å². The lowest BCUT2D eigenvalue weighted by Crippen LogP contribution is -2.42. The van der Waals surface area contributed by atoms with Gasteiger partial charge in [-0.15, -0.1) is 0 Å². The number of carbonyl (C=O) groups excluding carboxylic acids is 3. The molecule has 0 aromatic heterocycles. The van der Waals surface area contributed by atoms with Crippen molar-refractivity contribution < 1.29 is 23.9 Å². The summed E-state index contributed by atoms with van der Waals surface area (Å²) < 4.78 is 9.17. The largest absolute Gasteiger partial charge is 0.469 e. The van der Waals surface area contributed by atoms with Crippen molar-refractivity contribution in [1.82, 2.24) is 5.32 Å². The van der Waals surface area contributed by atoms with Crippen LogP contribution in [0, 0.1) is 0 Å². The third kappa shape index (κ3) is 4.01. The van der Waals surface area contributed by atoms with Crippen molar-refractivity contribution in [2.45, 2.75) is 44.1 Å². The van der Waals surface area contributed by atoms with E-state index in [0.29, 0.717) is 25.7 Å². The highest BCUT2D eigenvalue weighted by Gasteiger charge is 2.38. The molecular weight excluding hydrogens is 238 g/mol. The fourth-order valence-corrected chi connectivity index (χ4v) is 2.16. The van der Waals surface area contributed by atoms with Gasteiger partial charge in [-0.25, -0.2) is 0 Å². The van der Waals surface area contributed by atoms with Gasteiger partial charge in [0.25, 0.3) is 0 Å². The van der Waals surface area contributed by atoms with Crippen LogP contribution in [0.25, 0.3) is 0 Å². The Morgan fingerprint density at radius 2 is 1.67 bits per heavy atom. The highest BCUT2D eigenvalue weighted by molar-refractivity contribution is 5.80. The third-order valence-corrected chi connectivity index (χ3v) is 3.31. The smallest absolute Gasteiger partial charge is 0.305 e. The van der Waals surface area contributed by atoms with Crippen LogP contribution in [0.2, 0.25) is 0 Å². The van der Waals surface area contributed by atoms with E-state index in [4.69, 9.17) is 0 Å². The van der Waals surface area contributed by atoms with Crippen LogP contribution in [-0.4, -0.2) is 37.6 Å². The van der Waals surface area contributed by atoms with E-state index < -0.39 is 5.54 Å². The molecule has 0 aliphatic carbocycles. The average molecular weight is 257 g/mol. The molecule has 6 nitrogen and oxygen atoms in total. The zero-order valence-corrected chi connectivity index (χ0v) is 10.8. The number of hydrogen-bond donors (Lipinski definition) is 1. The lowest BCUT2D eigenvalue weighted by atomic mass is 9.87. The first kappa shape index (κ1) is 14.5. The molecule has 0 spiro atoms. The highest BCUT2D eigenvalue weighted by atomic mass is 16.5. The minimum absolute atomic E-state index is 0.0373. The first-order valence-electron chi connectivity index (χ1n) is 5.96. The topological polar surface area (TPSA) is 81.7 Å². The van der Waals surface area contributed by atoms with Crippen molar-refractivity contribution in [2.75, 3.05) is 14.2 Å². The molecule has 1 heterocycles. The Labute approximate surface area is 106 Å². The highest BCUT2D eigenvalue weighted by Crippen LogP contribution is 2.30. The Bertz CT molecular complexity index is 319. The minimum Gasteiger partial charge on any atom is -0.469 e. The molecule has 0 aromatic carbocycles. The molecule has 1 rings (SSSR count). The van der Waals surface area contributed by atoms with Gasteiger partial charge in [0.05, 0.1) is 14.2 Å². The molecule has 1 aliphatic rings. The summed E-state index contributed by atoms with van der Waals surface area (Å²) >= 11 is 0. The van der Waals surface area contributed by atoms with Gasteiger partial charge in [-0.2, -0.15) is 0 Å². The van der Waals surface area contributed by atoms with E-state index in [-0.39, 0.29) is 30.7 Å². The quantitative estimate of drug-likeness (QED) is 0.702. The molecule has 0 aromatic rings. The van der Waals surface area contributed by atoms with Gasteiger partial charge in [0.1, 0.15) is 0 Å². The van der Waals surface area contributed by atoms with Crippen molar-refractivity contribution in [3.63, 3.8) is 0 Å². The maximum Gasteiger partial charge on any atom is 0.305 e.